The molecule has 2 heterocycles. The first-order valence-electron chi connectivity index (χ1n) is 7.30. The Bertz CT molecular complexity index is 366. The van der Waals surface area contributed by atoms with Gasteiger partial charge in [0.15, 0.2) is 9.84 Å². The first kappa shape index (κ1) is 15.2. The zero-order chi connectivity index (χ0) is 13.7. The molecule has 19 heavy (non-hydrogen) atoms. The molecule has 0 saturated carbocycles. The molecule has 0 aromatic rings. The first-order chi connectivity index (χ1) is 9.07. The van der Waals surface area contributed by atoms with Crippen LogP contribution in [0.15, 0.2) is 0 Å². The second-order valence-electron chi connectivity index (χ2n) is 5.71. The smallest absolute Gasteiger partial charge is 0.151 e. The van der Waals surface area contributed by atoms with E-state index in [0.29, 0.717) is 17.6 Å². The Balaban J connectivity index is 1.57. The lowest BCUT2D eigenvalue weighted by Gasteiger charge is -2.25. The van der Waals surface area contributed by atoms with E-state index in [0.717, 1.165) is 51.9 Å². The van der Waals surface area contributed by atoms with Gasteiger partial charge in [0.1, 0.15) is 0 Å². The molecule has 0 aromatic heterocycles. The summed E-state index contributed by atoms with van der Waals surface area (Å²) in [6.07, 6.45) is 4.40. The van der Waals surface area contributed by atoms with E-state index in [4.69, 9.17) is 4.74 Å². The molecule has 6 heteroatoms. The number of sulfone groups is 1. The number of piperidine rings is 1. The van der Waals surface area contributed by atoms with Gasteiger partial charge < -0.3 is 15.0 Å². The number of nitrogens with one attached hydrogen (secondary N) is 1. The van der Waals surface area contributed by atoms with Crippen molar-refractivity contribution in [2.75, 3.05) is 44.8 Å². The molecule has 0 aromatic carbocycles. The number of hydrogen-bond donors (Lipinski definition) is 1. The molecule has 2 aliphatic rings. The molecule has 0 aliphatic carbocycles. The quantitative estimate of drug-likeness (QED) is 0.711. The van der Waals surface area contributed by atoms with E-state index < -0.39 is 9.84 Å². The predicted octanol–water partition coefficient (Wildman–Crippen LogP) is 0.264. The van der Waals surface area contributed by atoms with Gasteiger partial charge in [0.2, 0.25) is 0 Å². The lowest BCUT2D eigenvalue weighted by atomic mass is 10.1. The number of nitrogens with zero attached hydrogens (tertiary/aromatic N) is 1. The van der Waals surface area contributed by atoms with Crippen molar-refractivity contribution in [1.29, 1.82) is 0 Å². The van der Waals surface area contributed by atoms with Crippen LogP contribution in [-0.2, 0) is 14.6 Å². The maximum atomic E-state index is 11.4. The largest absolute Gasteiger partial charge is 0.378 e. The number of rotatable bonds is 6. The zero-order valence-electron chi connectivity index (χ0n) is 11.8. The van der Waals surface area contributed by atoms with Crippen LogP contribution in [0.3, 0.4) is 0 Å². The zero-order valence-corrected chi connectivity index (χ0v) is 12.6. The third-order valence-corrected chi connectivity index (χ3v) is 5.88. The molecule has 0 bridgehead atoms. The second kappa shape index (κ2) is 7.02. The van der Waals surface area contributed by atoms with Crippen LogP contribution in [0.1, 0.15) is 25.7 Å². The topological polar surface area (TPSA) is 58.6 Å². The number of ether oxygens (including phenoxy) is 1. The highest BCUT2D eigenvalue weighted by molar-refractivity contribution is 7.91. The summed E-state index contributed by atoms with van der Waals surface area (Å²) < 4.78 is 28.7. The molecule has 1 atom stereocenters. The Hall–Kier alpha value is -0.170. The minimum absolute atomic E-state index is 0.212. The molecule has 0 radical (unpaired) electrons. The molecule has 0 amide bonds. The Morgan fingerprint density at radius 2 is 2.00 bits per heavy atom. The van der Waals surface area contributed by atoms with Crippen molar-refractivity contribution >= 4 is 9.84 Å². The fraction of sp³-hybridized carbons (Fsp3) is 1.00. The van der Waals surface area contributed by atoms with Crippen molar-refractivity contribution in [3.8, 4) is 0 Å². The van der Waals surface area contributed by atoms with Gasteiger partial charge in [0.05, 0.1) is 17.6 Å². The predicted molar refractivity (Wildman–Crippen MR) is 76.1 cm³/mol. The summed E-state index contributed by atoms with van der Waals surface area (Å²) in [5, 5.41) is 3.32. The van der Waals surface area contributed by atoms with E-state index in [1.54, 1.807) is 0 Å². The Morgan fingerprint density at radius 3 is 2.63 bits per heavy atom. The van der Waals surface area contributed by atoms with Gasteiger partial charge in [-0.15, -0.1) is 0 Å². The minimum atomic E-state index is -2.77. The van der Waals surface area contributed by atoms with Gasteiger partial charge in [-0.25, -0.2) is 8.42 Å². The van der Waals surface area contributed by atoms with Crippen LogP contribution < -0.4 is 5.32 Å². The van der Waals surface area contributed by atoms with Crippen molar-refractivity contribution in [2.24, 2.45) is 0 Å². The molecule has 0 spiro atoms. The Labute approximate surface area is 116 Å². The fourth-order valence-electron chi connectivity index (χ4n) is 2.83. The van der Waals surface area contributed by atoms with Crippen LogP contribution in [-0.4, -0.2) is 70.3 Å². The lowest BCUT2D eigenvalue weighted by molar-refractivity contribution is 0.0276. The van der Waals surface area contributed by atoms with Crippen LogP contribution in [0.4, 0.5) is 0 Å². The van der Waals surface area contributed by atoms with Gasteiger partial charge in [-0.1, -0.05) is 0 Å². The van der Waals surface area contributed by atoms with Crippen molar-refractivity contribution in [1.82, 2.24) is 10.2 Å². The summed E-state index contributed by atoms with van der Waals surface area (Å²) in [6.45, 7) is 3.83. The molecular weight excluding hydrogens is 264 g/mol. The van der Waals surface area contributed by atoms with E-state index in [9.17, 15) is 8.42 Å². The van der Waals surface area contributed by atoms with Crippen LogP contribution in [0.2, 0.25) is 0 Å². The summed E-state index contributed by atoms with van der Waals surface area (Å²) >= 11 is 0. The van der Waals surface area contributed by atoms with Gasteiger partial charge in [-0.05, 0) is 45.8 Å². The third-order valence-electron chi connectivity index (χ3n) is 4.13. The molecule has 2 aliphatic heterocycles. The SMILES string of the molecule is CN(CCCOC1CCNCC1)C1CCS(=O)(=O)C1. The summed E-state index contributed by atoms with van der Waals surface area (Å²) in [5.41, 5.74) is 0. The molecule has 2 fully saturated rings. The third kappa shape index (κ3) is 5.02. The van der Waals surface area contributed by atoms with Gasteiger partial charge in [0.25, 0.3) is 0 Å². The van der Waals surface area contributed by atoms with Crippen LogP contribution in [0.25, 0.3) is 0 Å². The second-order valence-corrected chi connectivity index (χ2v) is 7.94. The maximum absolute atomic E-state index is 11.4. The van der Waals surface area contributed by atoms with Crippen molar-refractivity contribution in [2.45, 2.75) is 37.8 Å². The van der Waals surface area contributed by atoms with E-state index in [-0.39, 0.29) is 6.04 Å². The highest BCUT2D eigenvalue weighted by Crippen LogP contribution is 2.16. The Morgan fingerprint density at radius 1 is 1.26 bits per heavy atom. The number of hydrogen-bond acceptors (Lipinski definition) is 5. The normalized spacial score (nSPS) is 28.0. The van der Waals surface area contributed by atoms with Gasteiger partial charge in [0, 0.05) is 19.2 Å². The van der Waals surface area contributed by atoms with E-state index in [1.165, 1.54) is 0 Å². The maximum Gasteiger partial charge on any atom is 0.151 e. The fourth-order valence-corrected chi connectivity index (χ4v) is 4.64. The highest BCUT2D eigenvalue weighted by Gasteiger charge is 2.30. The van der Waals surface area contributed by atoms with E-state index in [1.807, 2.05) is 7.05 Å². The van der Waals surface area contributed by atoms with E-state index >= 15 is 0 Å². The molecular formula is C13H26N2O3S. The van der Waals surface area contributed by atoms with Crippen LogP contribution in [0.5, 0.6) is 0 Å². The molecule has 112 valence electrons. The molecule has 2 saturated heterocycles. The van der Waals surface area contributed by atoms with Gasteiger partial charge in [-0.2, -0.15) is 0 Å². The standard InChI is InChI=1S/C13H26N2O3S/c1-15(12-5-10-19(16,17)11-12)8-2-9-18-13-3-6-14-7-4-13/h12-14H,2-11H2,1H3. The molecule has 5 nitrogen and oxygen atoms in total. The molecule has 1 N–H and O–H groups in total. The lowest BCUT2D eigenvalue weighted by Crippen LogP contribution is -2.35. The van der Waals surface area contributed by atoms with Crippen molar-refractivity contribution in [3.63, 3.8) is 0 Å². The summed E-state index contributed by atoms with van der Waals surface area (Å²) in [5.74, 6) is 0.687. The van der Waals surface area contributed by atoms with Crippen LogP contribution >= 0.6 is 0 Å². The van der Waals surface area contributed by atoms with E-state index in [2.05, 4.69) is 10.2 Å². The minimum Gasteiger partial charge on any atom is -0.378 e. The van der Waals surface area contributed by atoms with Gasteiger partial charge >= 0.3 is 0 Å². The van der Waals surface area contributed by atoms with Crippen LogP contribution in [0, 0.1) is 0 Å². The summed E-state index contributed by atoms with van der Waals surface area (Å²) in [7, 11) is -0.744. The highest BCUT2D eigenvalue weighted by atomic mass is 32.2. The summed E-state index contributed by atoms with van der Waals surface area (Å²) in [6, 6.07) is 0.212. The summed E-state index contributed by atoms with van der Waals surface area (Å²) in [4.78, 5) is 2.18. The van der Waals surface area contributed by atoms with Crippen molar-refractivity contribution in [3.05, 3.63) is 0 Å². The average molecular weight is 290 g/mol. The molecule has 1 unspecified atom stereocenters. The Kier molecular flexibility index (Phi) is 5.62. The monoisotopic (exact) mass is 290 g/mol. The first-order valence-corrected chi connectivity index (χ1v) is 9.12. The van der Waals surface area contributed by atoms with Gasteiger partial charge in [-0.3, -0.25) is 0 Å². The molecule has 2 rings (SSSR count). The average Bonchev–Trinajstić information content (AvgIpc) is 2.76. The van der Waals surface area contributed by atoms with Crippen molar-refractivity contribution < 1.29 is 13.2 Å².